The van der Waals surface area contributed by atoms with Crippen molar-refractivity contribution in [3.05, 3.63) is 28.2 Å². The number of halogens is 2. The van der Waals surface area contributed by atoms with Gasteiger partial charge in [0.15, 0.2) is 0 Å². The van der Waals surface area contributed by atoms with Crippen molar-refractivity contribution in [2.24, 2.45) is 0 Å². The number of thioether (sulfide) groups is 1. The lowest BCUT2D eigenvalue weighted by atomic mass is 10.3. The van der Waals surface area contributed by atoms with Crippen LogP contribution in [0, 0.1) is 0 Å². The van der Waals surface area contributed by atoms with Crippen LogP contribution in [-0.2, 0) is 9.59 Å². The molecule has 1 aliphatic rings. The van der Waals surface area contributed by atoms with E-state index in [0.717, 1.165) is 0 Å². The van der Waals surface area contributed by atoms with Crippen LogP contribution in [0.3, 0.4) is 0 Å². The van der Waals surface area contributed by atoms with E-state index in [1.54, 1.807) is 18.2 Å². The Morgan fingerprint density at radius 3 is 2.71 bits per heavy atom. The second kappa shape index (κ2) is 6.96. The van der Waals surface area contributed by atoms with Gasteiger partial charge in [-0.15, -0.1) is 0 Å². The minimum Gasteiger partial charge on any atom is -0.324 e. The first-order chi connectivity index (χ1) is 9.92. The Bertz CT molecular complexity index is 610. The Morgan fingerprint density at radius 2 is 2.14 bits per heavy atom. The molecule has 2 rings (SSSR count). The van der Waals surface area contributed by atoms with Gasteiger partial charge < -0.3 is 5.32 Å². The summed E-state index contributed by atoms with van der Waals surface area (Å²) in [6.45, 7) is 1.82. The number of nitrogens with one attached hydrogen (secondary N) is 1. The van der Waals surface area contributed by atoms with Crippen molar-refractivity contribution in [2.75, 3.05) is 11.9 Å². The number of anilines is 1. The molecule has 1 unspecified atom stereocenters. The van der Waals surface area contributed by atoms with Gasteiger partial charge in [-0.25, -0.2) is 0 Å². The van der Waals surface area contributed by atoms with E-state index < -0.39 is 0 Å². The second-order valence-corrected chi connectivity index (χ2v) is 7.03. The summed E-state index contributed by atoms with van der Waals surface area (Å²) < 4.78 is 0.441. The van der Waals surface area contributed by atoms with Gasteiger partial charge in [0.2, 0.25) is 11.8 Å². The third kappa shape index (κ3) is 3.88. The Hall–Kier alpha value is -0.820. The number of benzene rings is 1. The van der Waals surface area contributed by atoms with Crippen LogP contribution in [0.25, 0.3) is 0 Å². The number of nitrogens with zero attached hydrogens (tertiary/aromatic N) is 1. The van der Waals surface area contributed by atoms with Gasteiger partial charge in [-0.3, -0.25) is 14.5 Å². The summed E-state index contributed by atoms with van der Waals surface area (Å²) >= 11 is 18.1. The zero-order chi connectivity index (χ0) is 15.6. The third-order valence-corrected chi connectivity index (χ3v) is 5.37. The van der Waals surface area contributed by atoms with E-state index >= 15 is 0 Å². The molecule has 1 aromatic rings. The molecule has 1 aliphatic heterocycles. The minimum atomic E-state index is -0.332. The van der Waals surface area contributed by atoms with E-state index in [9.17, 15) is 9.59 Å². The number of hydrogen-bond acceptors (Lipinski definition) is 4. The number of amides is 2. The monoisotopic (exact) mass is 362 g/mol. The SMILES string of the molecule is CCC1SC(=S)N(CC(=O)Nc2ccc(Cl)c(Cl)c2)C1=O. The van der Waals surface area contributed by atoms with Crippen molar-refractivity contribution >= 4 is 69.0 Å². The summed E-state index contributed by atoms with van der Waals surface area (Å²) in [5.74, 6) is -0.446. The largest absolute Gasteiger partial charge is 0.324 e. The Morgan fingerprint density at radius 1 is 1.43 bits per heavy atom. The molecule has 1 aromatic carbocycles. The molecule has 0 aromatic heterocycles. The highest BCUT2D eigenvalue weighted by Gasteiger charge is 2.36. The zero-order valence-electron chi connectivity index (χ0n) is 11.1. The fourth-order valence-corrected chi connectivity index (χ4v) is 3.54. The fourth-order valence-electron chi connectivity index (χ4n) is 1.82. The average molecular weight is 363 g/mol. The van der Waals surface area contributed by atoms with Gasteiger partial charge in [-0.2, -0.15) is 0 Å². The van der Waals surface area contributed by atoms with Crippen molar-refractivity contribution in [2.45, 2.75) is 18.6 Å². The zero-order valence-corrected chi connectivity index (χ0v) is 14.2. The van der Waals surface area contributed by atoms with Gasteiger partial charge in [-0.05, 0) is 24.6 Å². The molecule has 1 fully saturated rings. The fraction of sp³-hybridized carbons (Fsp3) is 0.308. The molecule has 4 nitrogen and oxygen atoms in total. The summed E-state index contributed by atoms with van der Waals surface area (Å²) in [6.07, 6.45) is 0.689. The number of hydrogen-bond donors (Lipinski definition) is 1. The van der Waals surface area contributed by atoms with Crippen molar-refractivity contribution in [3.8, 4) is 0 Å². The van der Waals surface area contributed by atoms with Gasteiger partial charge in [0.1, 0.15) is 10.9 Å². The molecule has 1 N–H and O–H groups in total. The average Bonchev–Trinajstić information content (AvgIpc) is 2.70. The van der Waals surface area contributed by atoms with Crippen LogP contribution < -0.4 is 5.32 Å². The first kappa shape index (κ1) is 16.5. The molecule has 0 saturated carbocycles. The Balaban J connectivity index is 2.00. The number of carbonyl (C=O) groups excluding carboxylic acids is 2. The van der Waals surface area contributed by atoms with E-state index in [0.29, 0.717) is 26.5 Å². The van der Waals surface area contributed by atoms with Crippen molar-refractivity contribution in [3.63, 3.8) is 0 Å². The van der Waals surface area contributed by atoms with Crippen LogP contribution in [0.5, 0.6) is 0 Å². The Kier molecular flexibility index (Phi) is 5.48. The van der Waals surface area contributed by atoms with Crippen LogP contribution in [0.15, 0.2) is 18.2 Å². The maximum Gasteiger partial charge on any atom is 0.244 e. The maximum absolute atomic E-state index is 12.0. The quantitative estimate of drug-likeness (QED) is 0.831. The molecule has 1 atom stereocenters. The van der Waals surface area contributed by atoms with Crippen LogP contribution >= 0.6 is 47.2 Å². The topological polar surface area (TPSA) is 49.4 Å². The van der Waals surface area contributed by atoms with Crippen molar-refractivity contribution < 1.29 is 9.59 Å². The summed E-state index contributed by atoms with van der Waals surface area (Å²) in [5.41, 5.74) is 0.520. The minimum absolute atomic E-state index is 0.0958. The first-order valence-corrected chi connectivity index (χ1v) is 8.23. The van der Waals surface area contributed by atoms with Crippen LogP contribution in [0.1, 0.15) is 13.3 Å². The van der Waals surface area contributed by atoms with Crippen molar-refractivity contribution in [1.29, 1.82) is 0 Å². The smallest absolute Gasteiger partial charge is 0.244 e. The molecular weight excluding hydrogens is 351 g/mol. The molecule has 1 heterocycles. The van der Waals surface area contributed by atoms with E-state index in [-0.39, 0.29) is 23.6 Å². The lowest BCUT2D eigenvalue weighted by Crippen LogP contribution is -2.38. The molecule has 112 valence electrons. The first-order valence-electron chi connectivity index (χ1n) is 6.19. The van der Waals surface area contributed by atoms with Crippen LogP contribution in [0.2, 0.25) is 10.0 Å². The molecule has 1 saturated heterocycles. The standard InChI is InChI=1S/C13H12Cl2N2O2S2/c1-2-10-12(19)17(13(20)21-10)6-11(18)16-7-3-4-8(14)9(15)5-7/h3-5,10H,2,6H2,1H3,(H,16,18). The molecule has 0 bridgehead atoms. The van der Waals surface area contributed by atoms with E-state index in [2.05, 4.69) is 5.32 Å². The highest BCUT2D eigenvalue weighted by atomic mass is 35.5. The highest BCUT2D eigenvalue weighted by Crippen LogP contribution is 2.29. The van der Waals surface area contributed by atoms with Gasteiger partial charge >= 0.3 is 0 Å². The summed E-state index contributed by atoms with van der Waals surface area (Å²) in [4.78, 5) is 25.4. The normalized spacial score (nSPS) is 18.2. The molecule has 0 spiro atoms. The summed E-state index contributed by atoms with van der Waals surface area (Å²) in [5, 5.41) is 3.24. The van der Waals surface area contributed by atoms with Gasteiger partial charge in [-0.1, -0.05) is 54.1 Å². The molecule has 21 heavy (non-hydrogen) atoms. The predicted octanol–water partition coefficient (Wildman–Crippen LogP) is 3.57. The van der Waals surface area contributed by atoms with Crippen LogP contribution in [0.4, 0.5) is 5.69 Å². The summed E-state index contributed by atoms with van der Waals surface area (Å²) in [6, 6.07) is 4.78. The molecule has 0 aliphatic carbocycles. The highest BCUT2D eigenvalue weighted by molar-refractivity contribution is 8.24. The lowest BCUT2D eigenvalue weighted by molar-refractivity contribution is -0.129. The maximum atomic E-state index is 12.0. The second-order valence-electron chi connectivity index (χ2n) is 4.38. The number of rotatable bonds is 4. The predicted molar refractivity (Wildman–Crippen MR) is 91.1 cm³/mol. The summed E-state index contributed by atoms with van der Waals surface area (Å²) in [7, 11) is 0. The molecule has 8 heteroatoms. The van der Waals surface area contributed by atoms with Gasteiger partial charge in [0.25, 0.3) is 0 Å². The van der Waals surface area contributed by atoms with Gasteiger partial charge in [0, 0.05) is 5.69 Å². The van der Waals surface area contributed by atoms with Gasteiger partial charge in [0.05, 0.1) is 15.3 Å². The Labute approximate surface area is 142 Å². The number of carbonyl (C=O) groups is 2. The molecular formula is C13H12Cl2N2O2S2. The number of thiocarbonyl (C=S) groups is 1. The van der Waals surface area contributed by atoms with E-state index in [1.807, 2.05) is 6.92 Å². The van der Waals surface area contributed by atoms with E-state index in [1.165, 1.54) is 16.7 Å². The van der Waals surface area contributed by atoms with Crippen molar-refractivity contribution in [1.82, 2.24) is 4.90 Å². The third-order valence-electron chi connectivity index (χ3n) is 2.88. The molecule has 2 amide bonds. The molecule has 0 radical (unpaired) electrons. The van der Waals surface area contributed by atoms with E-state index in [4.69, 9.17) is 35.4 Å². The lowest BCUT2D eigenvalue weighted by Gasteiger charge is -2.15. The van der Waals surface area contributed by atoms with Crippen LogP contribution in [-0.4, -0.2) is 32.8 Å².